The third kappa shape index (κ3) is 5.41. The summed E-state index contributed by atoms with van der Waals surface area (Å²) in [5, 5.41) is 6.05. The Morgan fingerprint density at radius 3 is 2.42 bits per heavy atom. The SMILES string of the molecule is CC(C)(C)NC(=O)NCC(c1ccc2c(c1)OCO2)N1CCN(c2ccccc2)CC1. The van der Waals surface area contributed by atoms with Gasteiger partial charge in [0.1, 0.15) is 0 Å². The molecule has 2 heterocycles. The van der Waals surface area contributed by atoms with Crippen LogP contribution in [0.5, 0.6) is 11.5 Å². The van der Waals surface area contributed by atoms with Gasteiger partial charge >= 0.3 is 6.03 Å². The highest BCUT2D eigenvalue weighted by Gasteiger charge is 2.27. The van der Waals surface area contributed by atoms with Crippen LogP contribution in [0.4, 0.5) is 10.5 Å². The Balaban J connectivity index is 1.47. The monoisotopic (exact) mass is 424 g/mol. The van der Waals surface area contributed by atoms with Crippen LogP contribution in [0.15, 0.2) is 48.5 Å². The largest absolute Gasteiger partial charge is 0.454 e. The maximum absolute atomic E-state index is 12.4. The second-order valence-electron chi connectivity index (χ2n) is 9.07. The number of hydrogen-bond acceptors (Lipinski definition) is 5. The van der Waals surface area contributed by atoms with Gasteiger partial charge < -0.3 is 25.0 Å². The average Bonchev–Trinajstić information content (AvgIpc) is 3.22. The van der Waals surface area contributed by atoms with E-state index in [2.05, 4.69) is 50.8 Å². The zero-order valence-electron chi connectivity index (χ0n) is 18.6. The van der Waals surface area contributed by atoms with Crippen molar-refractivity contribution in [2.45, 2.75) is 32.4 Å². The van der Waals surface area contributed by atoms with Gasteiger partial charge in [0, 0.05) is 44.0 Å². The van der Waals surface area contributed by atoms with Crippen LogP contribution in [0.25, 0.3) is 0 Å². The number of fused-ring (bicyclic) bond motifs is 1. The summed E-state index contributed by atoms with van der Waals surface area (Å²) in [6, 6.07) is 16.5. The van der Waals surface area contributed by atoms with Gasteiger partial charge in [-0.2, -0.15) is 0 Å². The van der Waals surface area contributed by atoms with Crippen molar-refractivity contribution in [3.8, 4) is 11.5 Å². The highest BCUT2D eigenvalue weighted by atomic mass is 16.7. The lowest BCUT2D eigenvalue weighted by Crippen LogP contribution is -2.52. The van der Waals surface area contributed by atoms with Gasteiger partial charge in [-0.05, 0) is 50.6 Å². The van der Waals surface area contributed by atoms with Crippen molar-refractivity contribution in [1.29, 1.82) is 0 Å². The number of rotatable bonds is 5. The van der Waals surface area contributed by atoms with E-state index in [4.69, 9.17) is 9.47 Å². The third-order valence-electron chi connectivity index (χ3n) is 5.60. The van der Waals surface area contributed by atoms with E-state index in [-0.39, 0.29) is 24.4 Å². The number of nitrogens with one attached hydrogen (secondary N) is 2. The summed E-state index contributed by atoms with van der Waals surface area (Å²) in [4.78, 5) is 17.3. The van der Waals surface area contributed by atoms with Crippen LogP contribution < -0.4 is 25.0 Å². The normalized spacial score (nSPS) is 17.3. The van der Waals surface area contributed by atoms with Crippen LogP contribution >= 0.6 is 0 Å². The zero-order valence-corrected chi connectivity index (χ0v) is 18.6. The molecule has 2 N–H and O–H groups in total. The molecule has 7 nitrogen and oxygen atoms in total. The molecule has 31 heavy (non-hydrogen) atoms. The van der Waals surface area contributed by atoms with Gasteiger partial charge in [0.25, 0.3) is 0 Å². The molecule has 2 aliphatic rings. The Kier molecular flexibility index (Phi) is 6.23. The molecule has 2 aromatic rings. The Bertz CT molecular complexity index is 889. The maximum atomic E-state index is 12.4. The fraction of sp³-hybridized carbons (Fsp3) is 0.458. The maximum Gasteiger partial charge on any atom is 0.315 e. The Morgan fingerprint density at radius 1 is 1.00 bits per heavy atom. The van der Waals surface area contributed by atoms with Crippen molar-refractivity contribution in [2.75, 3.05) is 44.4 Å². The molecule has 7 heteroatoms. The molecule has 2 aliphatic heterocycles. The minimum Gasteiger partial charge on any atom is -0.454 e. The van der Waals surface area contributed by atoms with Crippen molar-refractivity contribution >= 4 is 11.7 Å². The molecule has 0 saturated carbocycles. The number of para-hydroxylation sites is 1. The first kappa shape index (κ1) is 21.3. The number of anilines is 1. The lowest BCUT2D eigenvalue weighted by molar-refractivity contribution is 0.172. The summed E-state index contributed by atoms with van der Waals surface area (Å²) in [6.45, 7) is 10.4. The molecule has 4 rings (SSSR count). The zero-order chi connectivity index (χ0) is 21.8. The quantitative estimate of drug-likeness (QED) is 0.770. The Labute approximate surface area is 184 Å². The predicted molar refractivity (Wildman–Crippen MR) is 122 cm³/mol. The van der Waals surface area contributed by atoms with E-state index in [1.165, 1.54) is 5.69 Å². The highest BCUT2D eigenvalue weighted by molar-refractivity contribution is 5.74. The number of hydrogen-bond donors (Lipinski definition) is 2. The minimum atomic E-state index is -0.278. The number of benzene rings is 2. The molecule has 0 radical (unpaired) electrons. The van der Waals surface area contributed by atoms with E-state index in [1.807, 2.05) is 39.0 Å². The third-order valence-corrected chi connectivity index (χ3v) is 5.60. The molecular weight excluding hydrogens is 392 g/mol. The number of ether oxygens (including phenoxy) is 2. The first-order valence-corrected chi connectivity index (χ1v) is 10.9. The van der Waals surface area contributed by atoms with Crippen LogP contribution in [-0.4, -0.2) is 56.0 Å². The summed E-state index contributed by atoms with van der Waals surface area (Å²) < 4.78 is 11.1. The van der Waals surface area contributed by atoms with Crippen molar-refractivity contribution in [1.82, 2.24) is 15.5 Å². The standard InChI is InChI=1S/C24H32N4O3/c1-24(2,3)26-23(29)25-16-20(18-9-10-21-22(15-18)31-17-30-21)28-13-11-27(12-14-28)19-7-5-4-6-8-19/h4-10,15,20H,11-14,16-17H2,1-3H3,(H2,25,26,29). The number of carbonyl (C=O) groups excluding carboxylic acids is 1. The van der Waals surface area contributed by atoms with Gasteiger partial charge in [-0.1, -0.05) is 24.3 Å². The van der Waals surface area contributed by atoms with Gasteiger partial charge in [0.15, 0.2) is 11.5 Å². The van der Waals surface area contributed by atoms with Crippen LogP contribution in [0.3, 0.4) is 0 Å². The first-order chi connectivity index (χ1) is 14.9. The fourth-order valence-corrected chi connectivity index (χ4v) is 4.08. The molecule has 1 unspecified atom stereocenters. The molecule has 0 bridgehead atoms. The number of urea groups is 1. The van der Waals surface area contributed by atoms with Gasteiger partial charge in [-0.25, -0.2) is 4.79 Å². The van der Waals surface area contributed by atoms with Gasteiger partial charge in [-0.3, -0.25) is 4.90 Å². The Morgan fingerprint density at radius 2 is 1.71 bits per heavy atom. The summed E-state index contributed by atoms with van der Waals surface area (Å²) in [7, 11) is 0. The van der Waals surface area contributed by atoms with Crippen molar-refractivity contribution in [3.63, 3.8) is 0 Å². The summed E-state index contributed by atoms with van der Waals surface area (Å²) in [5.41, 5.74) is 2.09. The van der Waals surface area contributed by atoms with Crippen LogP contribution in [0.1, 0.15) is 32.4 Å². The van der Waals surface area contributed by atoms with Crippen LogP contribution in [-0.2, 0) is 0 Å². The van der Waals surface area contributed by atoms with E-state index in [9.17, 15) is 4.79 Å². The van der Waals surface area contributed by atoms with E-state index < -0.39 is 0 Å². The average molecular weight is 425 g/mol. The van der Waals surface area contributed by atoms with E-state index in [0.29, 0.717) is 6.54 Å². The summed E-state index contributed by atoms with van der Waals surface area (Å²) in [6.07, 6.45) is 0. The molecular formula is C24H32N4O3. The van der Waals surface area contributed by atoms with Gasteiger partial charge in [0.2, 0.25) is 6.79 Å². The second kappa shape index (κ2) is 9.06. The predicted octanol–water partition coefficient (Wildman–Crippen LogP) is 3.38. The summed E-state index contributed by atoms with van der Waals surface area (Å²) >= 11 is 0. The van der Waals surface area contributed by atoms with E-state index in [1.54, 1.807) is 0 Å². The molecule has 0 spiro atoms. The van der Waals surface area contributed by atoms with Crippen molar-refractivity contribution in [2.24, 2.45) is 0 Å². The van der Waals surface area contributed by atoms with Crippen molar-refractivity contribution < 1.29 is 14.3 Å². The van der Waals surface area contributed by atoms with E-state index >= 15 is 0 Å². The Hall–Kier alpha value is -2.93. The number of amides is 2. The molecule has 1 saturated heterocycles. The van der Waals surface area contributed by atoms with Crippen molar-refractivity contribution in [3.05, 3.63) is 54.1 Å². The molecule has 166 valence electrons. The number of carbonyl (C=O) groups is 1. The summed E-state index contributed by atoms with van der Waals surface area (Å²) in [5.74, 6) is 1.54. The van der Waals surface area contributed by atoms with Crippen LogP contribution in [0.2, 0.25) is 0 Å². The van der Waals surface area contributed by atoms with Gasteiger partial charge in [0.05, 0.1) is 6.04 Å². The molecule has 0 aliphatic carbocycles. The molecule has 0 aromatic heterocycles. The first-order valence-electron chi connectivity index (χ1n) is 10.9. The number of piperazine rings is 1. The second-order valence-corrected chi connectivity index (χ2v) is 9.07. The fourth-order valence-electron chi connectivity index (χ4n) is 4.08. The molecule has 1 fully saturated rings. The number of nitrogens with zero attached hydrogens (tertiary/aromatic N) is 2. The molecule has 1 atom stereocenters. The van der Waals surface area contributed by atoms with Crippen LogP contribution in [0, 0.1) is 0 Å². The topological polar surface area (TPSA) is 66.1 Å². The molecule has 2 aromatic carbocycles. The smallest absolute Gasteiger partial charge is 0.315 e. The van der Waals surface area contributed by atoms with Gasteiger partial charge in [-0.15, -0.1) is 0 Å². The molecule has 2 amide bonds. The highest BCUT2D eigenvalue weighted by Crippen LogP contribution is 2.35. The minimum absolute atomic E-state index is 0.0538. The lowest BCUT2D eigenvalue weighted by atomic mass is 10.0. The lowest BCUT2D eigenvalue weighted by Gasteiger charge is -2.40. The van der Waals surface area contributed by atoms with E-state index in [0.717, 1.165) is 43.2 Å².